The van der Waals surface area contributed by atoms with Crippen LogP contribution in [0.4, 0.5) is 13.2 Å². The molecule has 1 saturated heterocycles. The first-order valence-electron chi connectivity index (χ1n) is 16.5. The SMILES string of the molecule is CCOc1cc2nc(-c3cccc(C(F)(F)F)c3)c(CN3CCC(NCCO)CC3)c(C(=O)NC3(c4ccccc4)CC3)c2cc1OC. The first-order chi connectivity index (χ1) is 23.2. The van der Waals surface area contributed by atoms with Gasteiger partial charge in [-0.1, -0.05) is 42.5 Å². The fourth-order valence-corrected chi connectivity index (χ4v) is 6.67. The number of nitrogens with zero attached hydrogens (tertiary/aromatic N) is 2. The zero-order valence-corrected chi connectivity index (χ0v) is 27.2. The van der Waals surface area contributed by atoms with Crippen LogP contribution in [0, 0.1) is 0 Å². The largest absolute Gasteiger partial charge is 0.493 e. The van der Waals surface area contributed by atoms with E-state index in [-0.39, 0.29) is 24.1 Å². The molecule has 1 aromatic heterocycles. The summed E-state index contributed by atoms with van der Waals surface area (Å²) in [6.07, 6.45) is -1.37. The lowest BCUT2D eigenvalue weighted by Gasteiger charge is -2.33. The molecular formula is C37H41F3N4O4. The number of methoxy groups -OCH3 is 1. The monoisotopic (exact) mass is 662 g/mol. The van der Waals surface area contributed by atoms with Crippen LogP contribution in [0.3, 0.4) is 0 Å². The highest BCUT2D eigenvalue weighted by molar-refractivity contribution is 6.10. The highest BCUT2D eigenvalue weighted by atomic mass is 19.4. The predicted octanol–water partition coefficient (Wildman–Crippen LogP) is 6.29. The molecule has 2 heterocycles. The van der Waals surface area contributed by atoms with Crippen molar-refractivity contribution in [3.8, 4) is 22.8 Å². The Morgan fingerprint density at radius 3 is 2.44 bits per heavy atom. The maximum atomic E-state index is 14.7. The number of amides is 1. The highest BCUT2D eigenvalue weighted by Crippen LogP contribution is 2.46. The average Bonchev–Trinajstić information content (AvgIpc) is 3.88. The van der Waals surface area contributed by atoms with Crippen molar-refractivity contribution in [2.75, 3.05) is 40.0 Å². The Bertz CT molecular complexity index is 1750. The number of carbonyl (C=O) groups excluding carboxylic acids is 1. The molecule has 4 aromatic rings. The van der Waals surface area contributed by atoms with Crippen molar-refractivity contribution in [2.24, 2.45) is 0 Å². The molecule has 3 aromatic carbocycles. The van der Waals surface area contributed by atoms with Gasteiger partial charge in [-0.15, -0.1) is 0 Å². The van der Waals surface area contributed by atoms with Gasteiger partial charge in [-0.25, -0.2) is 4.98 Å². The molecule has 8 nitrogen and oxygen atoms in total. The van der Waals surface area contributed by atoms with E-state index in [0.29, 0.717) is 72.0 Å². The number of aliphatic hydroxyl groups is 1. The van der Waals surface area contributed by atoms with Gasteiger partial charge < -0.3 is 25.2 Å². The smallest absolute Gasteiger partial charge is 0.416 e. The van der Waals surface area contributed by atoms with E-state index < -0.39 is 17.3 Å². The zero-order chi connectivity index (χ0) is 33.9. The molecule has 0 atom stereocenters. The van der Waals surface area contributed by atoms with Crippen LogP contribution in [-0.2, 0) is 18.3 Å². The number of nitrogens with one attached hydrogen (secondary N) is 2. The Morgan fingerprint density at radius 1 is 1.04 bits per heavy atom. The number of hydrogen-bond donors (Lipinski definition) is 3. The van der Waals surface area contributed by atoms with Gasteiger partial charge in [-0.3, -0.25) is 9.69 Å². The average molecular weight is 663 g/mol. The number of aromatic nitrogens is 1. The van der Waals surface area contributed by atoms with Gasteiger partial charge in [-0.2, -0.15) is 13.2 Å². The number of benzene rings is 3. The lowest BCUT2D eigenvalue weighted by molar-refractivity contribution is -0.137. The van der Waals surface area contributed by atoms with Gasteiger partial charge in [0.2, 0.25) is 0 Å². The van der Waals surface area contributed by atoms with E-state index in [4.69, 9.17) is 14.5 Å². The molecule has 0 spiro atoms. The van der Waals surface area contributed by atoms with Crippen LogP contribution < -0.4 is 20.1 Å². The second-order valence-corrected chi connectivity index (χ2v) is 12.5. The summed E-state index contributed by atoms with van der Waals surface area (Å²) in [5.41, 5.74) is 1.59. The molecule has 3 N–H and O–H groups in total. The van der Waals surface area contributed by atoms with Crippen LogP contribution in [0.25, 0.3) is 22.2 Å². The Kier molecular flexibility index (Phi) is 9.91. The molecular weight excluding hydrogens is 621 g/mol. The molecule has 1 saturated carbocycles. The second kappa shape index (κ2) is 14.1. The number of alkyl halides is 3. The number of ether oxygens (including phenoxy) is 2. The van der Waals surface area contributed by atoms with Gasteiger partial charge in [-0.05, 0) is 69.5 Å². The lowest BCUT2D eigenvalue weighted by Crippen LogP contribution is -2.43. The summed E-state index contributed by atoms with van der Waals surface area (Å²) in [4.78, 5) is 21.9. The van der Waals surface area contributed by atoms with Crippen LogP contribution in [0.2, 0.25) is 0 Å². The summed E-state index contributed by atoms with van der Waals surface area (Å²) in [6, 6.07) is 18.6. The number of halogens is 3. The van der Waals surface area contributed by atoms with E-state index in [1.165, 1.54) is 13.2 Å². The quantitative estimate of drug-likeness (QED) is 0.164. The van der Waals surface area contributed by atoms with Crippen molar-refractivity contribution in [1.82, 2.24) is 20.5 Å². The van der Waals surface area contributed by atoms with E-state index in [1.807, 2.05) is 37.3 Å². The summed E-state index contributed by atoms with van der Waals surface area (Å²) in [6.45, 7) is 4.47. The number of fused-ring (bicyclic) bond motifs is 1. The fourth-order valence-electron chi connectivity index (χ4n) is 6.67. The fraction of sp³-hybridized carbons (Fsp3) is 0.405. The number of aliphatic hydroxyl groups excluding tert-OH is 1. The van der Waals surface area contributed by atoms with E-state index in [1.54, 1.807) is 18.2 Å². The van der Waals surface area contributed by atoms with Crippen molar-refractivity contribution < 1.29 is 32.5 Å². The Hall–Kier alpha value is -4.19. The van der Waals surface area contributed by atoms with Gasteiger partial charge in [0, 0.05) is 41.7 Å². The Labute approximate surface area is 278 Å². The number of likely N-dealkylation sites (tertiary alicyclic amines) is 1. The number of hydrogen-bond acceptors (Lipinski definition) is 7. The molecule has 0 unspecified atom stereocenters. The molecule has 2 fully saturated rings. The third-order valence-electron chi connectivity index (χ3n) is 9.30. The molecule has 6 rings (SSSR count). The molecule has 1 aliphatic heterocycles. The van der Waals surface area contributed by atoms with Gasteiger partial charge in [0.25, 0.3) is 5.91 Å². The predicted molar refractivity (Wildman–Crippen MR) is 178 cm³/mol. The van der Waals surface area contributed by atoms with E-state index >= 15 is 0 Å². The molecule has 2 aliphatic rings. The van der Waals surface area contributed by atoms with Crippen molar-refractivity contribution in [1.29, 1.82) is 0 Å². The number of carbonyl (C=O) groups is 1. The first kappa shape index (κ1) is 33.7. The summed E-state index contributed by atoms with van der Waals surface area (Å²) >= 11 is 0. The Morgan fingerprint density at radius 2 is 1.79 bits per heavy atom. The summed E-state index contributed by atoms with van der Waals surface area (Å²) in [7, 11) is 1.53. The molecule has 11 heteroatoms. The number of rotatable bonds is 12. The van der Waals surface area contributed by atoms with Crippen molar-refractivity contribution >= 4 is 16.8 Å². The van der Waals surface area contributed by atoms with E-state index in [9.17, 15) is 23.1 Å². The van der Waals surface area contributed by atoms with Crippen molar-refractivity contribution in [3.63, 3.8) is 0 Å². The molecule has 254 valence electrons. The third-order valence-corrected chi connectivity index (χ3v) is 9.30. The van der Waals surface area contributed by atoms with Gasteiger partial charge >= 0.3 is 6.18 Å². The summed E-state index contributed by atoms with van der Waals surface area (Å²) in [5.74, 6) is 0.533. The van der Waals surface area contributed by atoms with Crippen LogP contribution in [0.15, 0.2) is 66.7 Å². The van der Waals surface area contributed by atoms with Crippen LogP contribution in [0.1, 0.15) is 59.7 Å². The number of pyridine rings is 1. The minimum absolute atomic E-state index is 0.0563. The normalized spacial score (nSPS) is 16.5. The highest BCUT2D eigenvalue weighted by Gasteiger charge is 2.46. The Balaban J connectivity index is 1.53. The van der Waals surface area contributed by atoms with Gasteiger partial charge in [0.15, 0.2) is 11.5 Å². The van der Waals surface area contributed by atoms with Crippen molar-refractivity contribution in [2.45, 2.75) is 56.9 Å². The van der Waals surface area contributed by atoms with Gasteiger partial charge in [0.05, 0.1) is 48.2 Å². The summed E-state index contributed by atoms with van der Waals surface area (Å²) < 4.78 is 53.4. The minimum atomic E-state index is -4.56. The zero-order valence-electron chi connectivity index (χ0n) is 27.2. The molecule has 48 heavy (non-hydrogen) atoms. The molecule has 1 aliphatic carbocycles. The van der Waals surface area contributed by atoms with Crippen LogP contribution >= 0.6 is 0 Å². The first-order valence-corrected chi connectivity index (χ1v) is 16.5. The summed E-state index contributed by atoms with van der Waals surface area (Å²) in [5, 5.41) is 16.5. The maximum absolute atomic E-state index is 14.7. The van der Waals surface area contributed by atoms with E-state index in [0.717, 1.165) is 43.4 Å². The molecule has 0 bridgehead atoms. The van der Waals surface area contributed by atoms with E-state index in [2.05, 4.69) is 15.5 Å². The molecule has 1 amide bonds. The van der Waals surface area contributed by atoms with Crippen molar-refractivity contribution in [3.05, 3.63) is 89.0 Å². The van der Waals surface area contributed by atoms with Crippen LogP contribution in [0.5, 0.6) is 11.5 Å². The molecule has 0 radical (unpaired) electrons. The second-order valence-electron chi connectivity index (χ2n) is 12.5. The lowest BCUT2D eigenvalue weighted by atomic mass is 9.93. The topological polar surface area (TPSA) is 96.0 Å². The standard InChI is InChI=1S/C37H41F3N4O4/c1-3-48-32-22-30-28(21-31(32)47-2)33(35(46)43-36(14-15-36)25-9-5-4-6-10-25)29(23-44-17-12-27(13-18-44)41-16-19-45)34(42-30)24-8-7-11-26(20-24)37(38,39)40/h4-11,20-22,27,41,45H,3,12-19,23H2,1-2H3,(H,43,46). The number of piperidine rings is 1. The third kappa shape index (κ3) is 7.13. The van der Waals surface area contributed by atoms with Gasteiger partial charge in [0.1, 0.15) is 0 Å². The minimum Gasteiger partial charge on any atom is -0.493 e. The maximum Gasteiger partial charge on any atom is 0.416 e. The van der Waals surface area contributed by atoms with Crippen LogP contribution in [-0.4, -0.2) is 66.9 Å².